The first-order chi connectivity index (χ1) is 14.0. The second-order valence-corrected chi connectivity index (χ2v) is 8.54. The van der Waals surface area contributed by atoms with Gasteiger partial charge in [-0.2, -0.15) is 5.10 Å². The number of ether oxygens (including phenoxy) is 2. The quantitative estimate of drug-likeness (QED) is 0.653. The van der Waals surface area contributed by atoms with Gasteiger partial charge in [0.05, 0.1) is 11.8 Å². The van der Waals surface area contributed by atoms with Gasteiger partial charge in [0.15, 0.2) is 11.5 Å². The minimum atomic E-state index is 0.105. The number of hydrogen-bond acceptors (Lipinski definition) is 8. The smallest absolute Gasteiger partial charge is 0.231 e. The average molecular weight is 407 g/mol. The van der Waals surface area contributed by atoms with Crippen LogP contribution in [0.4, 0.5) is 10.8 Å². The van der Waals surface area contributed by atoms with E-state index in [2.05, 4.69) is 29.3 Å². The zero-order valence-electron chi connectivity index (χ0n) is 16.5. The first-order valence-electron chi connectivity index (χ1n) is 9.47. The minimum Gasteiger partial charge on any atom is -0.454 e. The third-order valence-electron chi connectivity index (χ3n) is 5.25. The van der Waals surface area contributed by atoms with E-state index >= 15 is 0 Å². The van der Waals surface area contributed by atoms with Crippen LogP contribution in [0, 0.1) is 13.8 Å². The number of nitrogens with zero attached hydrogens (tertiary/aromatic N) is 4. The molecule has 0 bridgehead atoms. The number of fused-ring (bicyclic) bond motifs is 2. The van der Waals surface area contributed by atoms with Crippen LogP contribution in [0.2, 0.25) is 0 Å². The summed E-state index contributed by atoms with van der Waals surface area (Å²) in [4.78, 5) is 0. The van der Waals surface area contributed by atoms with Crippen molar-refractivity contribution in [3.8, 4) is 11.5 Å². The van der Waals surface area contributed by atoms with E-state index in [0.29, 0.717) is 0 Å². The highest BCUT2D eigenvalue weighted by Gasteiger charge is 2.29. The number of hydrazone groups is 1. The number of aryl methyl sites for hydroxylation is 2. The zero-order valence-corrected chi connectivity index (χ0v) is 17.3. The van der Waals surface area contributed by atoms with Crippen LogP contribution in [0.25, 0.3) is 0 Å². The number of aromatic nitrogens is 2. The number of anilines is 2. The number of hydrogen-bond donors (Lipinski definition) is 1. The molecule has 7 nitrogen and oxygen atoms in total. The van der Waals surface area contributed by atoms with Crippen molar-refractivity contribution in [2.75, 3.05) is 17.5 Å². The predicted octanol–water partition coefficient (Wildman–Crippen LogP) is 3.67. The van der Waals surface area contributed by atoms with Crippen molar-refractivity contribution < 1.29 is 9.47 Å². The lowest BCUT2D eigenvalue weighted by molar-refractivity contribution is 0.174. The summed E-state index contributed by atoms with van der Waals surface area (Å²) in [5.74, 6) is 1.53. The summed E-state index contributed by atoms with van der Waals surface area (Å²) in [5.41, 5.74) is 11.9. The highest BCUT2D eigenvalue weighted by Crippen LogP contribution is 2.38. The second kappa shape index (κ2) is 6.73. The topological polar surface area (TPSA) is 85.9 Å². The first-order valence-corrected chi connectivity index (χ1v) is 10.3. The molecule has 2 aromatic carbocycles. The fourth-order valence-electron chi connectivity index (χ4n) is 3.68. The molecule has 0 unspecified atom stereocenters. The Morgan fingerprint density at radius 2 is 1.90 bits per heavy atom. The van der Waals surface area contributed by atoms with E-state index in [-0.39, 0.29) is 12.8 Å². The highest BCUT2D eigenvalue weighted by atomic mass is 32.1. The van der Waals surface area contributed by atoms with Crippen molar-refractivity contribution in [2.45, 2.75) is 33.2 Å². The molecule has 148 valence electrons. The Morgan fingerprint density at radius 3 is 2.62 bits per heavy atom. The van der Waals surface area contributed by atoms with Gasteiger partial charge in [-0.1, -0.05) is 17.4 Å². The van der Waals surface area contributed by atoms with Gasteiger partial charge in [-0.15, -0.1) is 10.2 Å². The molecule has 8 heteroatoms. The molecule has 3 heterocycles. The van der Waals surface area contributed by atoms with Gasteiger partial charge in [0.25, 0.3) is 0 Å². The Labute approximate surface area is 172 Å². The maximum atomic E-state index is 6.06. The molecule has 3 aromatic rings. The number of benzene rings is 2. The Balaban J connectivity index is 1.72. The summed E-state index contributed by atoms with van der Waals surface area (Å²) >= 11 is 1.54. The lowest BCUT2D eigenvalue weighted by atomic mass is 9.93. The molecule has 0 aliphatic carbocycles. The van der Waals surface area contributed by atoms with Crippen LogP contribution >= 0.6 is 11.3 Å². The van der Waals surface area contributed by atoms with Crippen molar-refractivity contribution in [3.63, 3.8) is 0 Å². The van der Waals surface area contributed by atoms with E-state index in [0.717, 1.165) is 56.1 Å². The summed E-state index contributed by atoms with van der Waals surface area (Å²) in [7, 11) is 0. The van der Waals surface area contributed by atoms with Crippen molar-refractivity contribution in [3.05, 3.63) is 57.6 Å². The van der Waals surface area contributed by atoms with Gasteiger partial charge in [-0.25, -0.2) is 5.01 Å². The lowest BCUT2D eigenvalue weighted by Gasteiger charge is -2.22. The summed E-state index contributed by atoms with van der Waals surface area (Å²) in [6.45, 7) is 6.35. The molecule has 0 saturated heterocycles. The first kappa shape index (κ1) is 17.9. The molecule has 2 aliphatic heterocycles. The molecular formula is C21H21N5O2S. The van der Waals surface area contributed by atoms with Crippen LogP contribution in [0.5, 0.6) is 11.5 Å². The van der Waals surface area contributed by atoms with Crippen molar-refractivity contribution in [1.82, 2.24) is 10.2 Å². The summed E-state index contributed by atoms with van der Waals surface area (Å²) in [6, 6.07) is 10.2. The van der Waals surface area contributed by atoms with Crippen LogP contribution < -0.4 is 20.2 Å². The average Bonchev–Trinajstić information content (AvgIpc) is 3.29. The van der Waals surface area contributed by atoms with Gasteiger partial charge in [-0.3, -0.25) is 0 Å². The van der Waals surface area contributed by atoms with Crippen molar-refractivity contribution in [2.24, 2.45) is 5.10 Å². The monoisotopic (exact) mass is 407 g/mol. The molecule has 1 aromatic heterocycles. The van der Waals surface area contributed by atoms with Crippen LogP contribution in [-0.4, -0.2) is 28.7 Å². The molecule has 2 aliphatic rings. The SMILES string of the molecule is Cc1nnc(N2N=C(c3ccc(N)c(C)c3)c3cc4c(cc3C[C@@H]2C)OCO4)s1. The molecule has 0 fully saturated rings. The Morgan fingerprint density at radius 1 is 1.10 bits per heavy atom. The minimum absolute atomic E-state index is 0.105. The van der Waals surface area contributed by atoms with Crippen LogP contribution in [-0.2, 0) is 6.42 Å². The zero-order chi connectivity index (χ0) is 20.1. The summed E-state index contributed by atoms with van der Waals surface area (Å²) in [5, 5.41) is 17.3. The van der Waals surface area contributed by atoms with Crippen LogP contribution in [0.1, 0.15) is 34.2 Å². The normalized spacial score (nSPS) is 17.7. The van der Waals surface area contributed by atoms with Gasteiger partial charge >= 0.3 is 0 Å². The number of nitrogen functional groups attached to an aromatic ring is 1. The van der Waals surface area contributed by atoms with Gasteiger partial charge in [-0.05, 0) is 62.6 Å². The van der Waals surface area contributed by atoms with Gasteiger partial charge < -0.3 is 15.2 Å². The number of nitrogens with two attached hydrogens (primary N) is 1. The molecule has 0 amide bonds. The molecule has 0 saturated carbocycles. The maximum absolute atomic E-state index is 6.06. The van der Waals surface area contributed by atoms with Crippen LogP contribution in [0.3, 0.4) is 0 Å². The fourth-order valence-corrected chi connectivity index (χ4v) is 4.43. The van der Waals surface area contributed by atoms with E-state index < -0.39 is 0 Å². The van der Waals surface area contributed by atoms with E-state index in [1.165, 1.54) is 16.9 Å². The van der Waals surface area contributed by atoms with E-state index in [9.17, 15) is 0 Å². The lowest BCUT2D eigenvalue weighted by Crippen LogP contribution is -2.29. The van der Waals surface area contributed by atoms with Gasteiger partial charge in [0.2, 0.25) is 11.9 Å². The Kier molecular flexibility index (Phi) is 4.16. The molecule has 29 heavy (non-hydrogen) atoms. The maximum Gasteiger partial charge on any atom is 0.231 e. The van der Waals surface area contributed by atoms with Crippen LogP contribution in [0.15, 0.2) is 35.4 Å². The highest BCUT2D eigenvalue weighted by molar-refractivity contribution is 7.15. The van der Waals surface area contributed by atoms with Crippen molar-refractivity contribution >= 4 is 27.9 Å². The Hall–Kier alpha value is -3.13. The predicted molar refractivity (Wildman–Crippen MR) is 114 cm³/mol. The Bertz CT molecular complexity index is 1140. The molecular weight excluding hydrogens is 386 g/mol. The van der Waals surface area contributed by atoms with Gasteiger partial charge in [0, 0.05) is 16.8 Å². The van der Waals surface area contributed by atoms with Gasteiger partial charge in [0.1, 0.15) is 5.01 Å². The molecule has 0 spiro atoms. The van der Waals surface area contributed by atoms with E-state index in [1.807, 2.05) is 37.1 Å². The fraction of sp³-hybridized carbons (Fsp3) is 0.286. The molecule has 0 radical (unpaired) electrons. The summed E-state index contributed by atoms with van der Waals surface area (Å²) in [6.07, 6.45) is 0.797. The number of rotatable bonds is 2. The summed E-state index contributed by atoms with van der Waals surface area (Å²) < 4.78 is 11.3. The molecule has 1 atom stereocenters. The third kappa shape index (κ3) is 3.09. The molecule has 2 N–H and O–H groups in total. The van der Waals surface area contributed by atoms with E-state index in [1.54, 1.807) is 0 Å². The molecule has 5 rings (SSSR count). The largest absolute Gasteiger partial charge is 0.454 e. The van der Waals surface area contributed by atoms with Crippen molar-refractivity contribution in [1.29, 1.82) is 0 Å². The third-order valence-corrected chi connectivity index (χ3v) is 6.08. The second-order valence-electron chi connectivity index (χ2n) is 7.38. The van der Waals surface area contributed by atoms with E-state index in [4.69, 9.17) is 20.3 Å². The standard InChI is InChI=1S/C21H21N5O2S/c1-11-6-14(4-5-17(11)22)20-16-9-19-18(27-10-28-19)8-15(16)7-12(2)26(25-20)21-24-23-13(3)29-21/h4-6,8-9,12H,7,10,22H2,1-3H3/t12-/m0/s1.